The van der Waals surface area contributed by atoms with Crippen LogP contribution in [0.5, 0.6) is 0 Å². The zero-order chi connectivity index (χ0) is 12.4. The van der Waals surface area contributed by atoms with Crippen LogP contribution in [-0.4, -0.2) is 36.4 Å². The molecule has 1 unspecified atom stereocenters. The third-order valence-corrected chi connectivity index (χ3v) is 4.46. The van der Waals surface area contributed by atoms with Gasteiger partial charge in [0.15, 0.2) is 0 Å². The molecule has 0 radical (unpaired) electrons. The Morgan fingerprint density at radius 3 is 2.50 bits per heavy atom. The lowest BCUT2D eigenvalue weighted by atomic mass is 9.83. The quantitative estimate of drug-likeness (QED) is 0.835. The second kappa shape index (κ2) is 4.90. The van der Waals surface area contributed by atoms with E-state index in [1.165, 1.54) is 12.1 Å². The summed E-state index contributed by atoms with van der Waals surface area (Å²) in [6.45, 7) is 2.98. The molecule has 1 atom stereocenters. The lowest BCUT2D eigenvalue weighted by molar-refractivity contribution is -0.0142. The zero-order valence-corrected chi connectivity index (χ0v) is 10.8. The topological polar surface area (TPSA) is 35.5 Å². The van der Waals surface area contributed by atoms with Crippen molar-refractivity contribution in [1.82, 2.24) is 5.32 Å². The van der Waals surface area contributed by atoms with E-state index in [0.29, 0.717) is 6.04 Å². The van der Waals surface area contributed by atoms with Gasteiger partial charge >= 0.3 is 0 Å². The van der Waals surface area contributed by atoms with Crippen LogP contribution in [0, 0.1) is 0 Å². The van der Waals surface area contributed by atoms with Crippen LogP contribution in [0.3, 0.4) is 0 Å². The fourth-order valence-electron chi connectivity index (χ4n) is 3.28. The summed E-state index contributed by atoms with van der Waals surface area (Å²) in [7, 11) is 0. The summed E-state index contributed by atoms with van der Waals surface area (Å²) in [4.78, 5) is 2.38. The summed E-state index contributed by atoms with van der Waals surface area (Å²) in [6.07, 6.45) is 4.08. The number of anilines is 1. The van der Waals surface area contributed by atoms with Crippen LogP contribution in [0.4, 0.5) is 5.69 Å². The molecular weight excluding hydrogens is 224 g/mol. The molecule has 98 valence electrons. The van der Waals surface area contributed by atoms with Crippen LogP contribution < -0.4 is 10.2 Å². The van der Waals surface area contributed by atoms with E-state index in [1.54, 1.807) is 0 Å². The van der Waals surface area contributed by atoms with Gasteiger partial charge in [0.2, 0.25) is 0 Å². The Kier molecular flexibility index (Phi) is 3.27. The van der Waals surface area contributed by atoms with Crippen molar-refractivity contribution in [2.24, 2.45) is 0 Å². The highest BCUT2D eigenvalue weighted by Crippen LogP contribution is 2.31. The van der Waals surface area contributed by atoms with E-state index in [1.807, 2.05) is 6.07 Å². The predicted octanol–water partition coefficient (Wildman–Crippen LogP) is 1.77. The minimum Gasteiger partial charge on any atom is -0.388 e. The minimum atomic E-state index is -0.484. The molecule has 0 saturated carbocycles. The summed E-state index contributed by atoms with van der Waals surface area (Å²) in [5.74, 6) is 0. The van der Waals surface area contributed by atoms with Crippen LogP contribution in [0.25, 0.3) is 0 Å². The number of nitrogens with zero attached hydrogens (tertiary/aromatic N) is 1. The number of aliphatic hydroxyl groups is 1. The van der Waals surface area contributed by atoms with Crippen LogP contribution >= 0.6 is 0 Å². The summed E-state index contributed by atoms with van der Waals surface area (Å²) < 4.78 is 0. The Balaban J connectivity index is 1.64. The first-order chi connectivity index (χ1) is 8.78. The summed E-state index contributed by atoms with van der Waals surface area (Å²) in [5, 5.41) is 14.2. The molecule has 0 spiro atoms. The molecule has 0 aliphatic carbocycles. The Morgan fingerprint density at radius 2 is 1.89 bits per heavy atom. The van der Waals surface area contributed by atoms with Crippen LogP contribution in [0.2, 0.25) is 0 Å². The first kappa shape index (κ1) is 12.0. The third kappa shape index (κ3) is 2.25. The van der Waals surface area contributed by atoms with Crippen molar-refractivity contribution in [1.29, 1.82) is 0 Å². The predicted molar refractivity (Wildman–Crippen MR) is 73.9 cm³/mol. The molecule has 18 heavy (non-hydrogen) atoms. The van der Waals surface area contributed by atoms with Crippen LogP contribution in [-0.2, 0) is 0 Å². The van der Waals surface area contributed by atoms with Gasteiger partial charge < -0.3 is 15.3 Å². The number of para-hydroxylation sites is 1. The van der Waals surface area contributed by atoms with Gasteiger partial charge in [-0.3, -0.25) is 0 Å². The van der Waals surface area contributed by atoms with Gasteiger partial charge in [-0.25, -0.2) is 0 Å². The molecule has 3 heteroatoms. The number of rotatable bonds is 2. The highest BCUT2D eigenvalue weighted by atomic mass is 16.3. The van der Waals surface area contributed by atoms with E-state index < -0.39 is 5.60 Å². The molecule has 0 amide bonds. The normalized spacial score (nSPS) is 27.4. The molecule has 1 aromatic carbocycles. The molecule has 1 aromatic rings. The van der Waals surface area contributed by atoms with Gasteiger partial charge in [-0.05, 0) is 44.4 Å². The number of hydrogen-bond acceptors (Lipinski definition) is 3. The SMILES string of the molecule is OC1(C2CCCN2)CCN(c2ccccc2)CC1. The lowest BCUT2D eigenvalue weighted by Gasteiger charge is -2.42. The molecule has 2 heterocycles. The number of benzene rings is 1. The van der Waals surface area contributed by atoms with Crippen molar-refractivity contribution in [2.75, 3.05) is 24.5 Å². The molecule has 2 aliphatic rings. The number of hydrogen-bond donors (Lipinski definition) is 2. The zero-order valence-electron chi connectivity index (χ0n) is 10.8. The summed E-state index contributed by atoms with van der Waals surface area (Å²) in [6, 6.07) is 10.8. The molecule has 3 rings (SSSR count). The Labute approximate surface area is 109 Å². The Bertz CT molecular complexity index is 379. The maximum atomic E-state index is 10.7. The standard InChI is InChI=1S/C15H22N2O/c18-15(14-7-4-10-16-14)8-11-17(12-9-15)13-5-2-1-3-6-13/h1-3,5-6,14,16,18H,4,7-12H2. The van der Waals surface area contributed by atoms with Crippen molar-refractivity contribution in [3.8, 4) is 0 Å². The van der Waals surface area contributed by atoms with Crippen LogP contribution in [0.15, 0.2) is 30.3 Å². The monoisotopic (exact) mass is 246 g/mol. The van der Waals surface area contributed by atoms with Gasteiger partial charge in [0, 0.05) is 24.8 Å². The van der Waals surface area contributed by atoms with Gasteiger partial charge in [0.05, 0.1) is 5.60 Å². The molecule has 3 nitrogen and oxygen atoms in total. The summed E-state index contributed by atoms with van der Waals surface area (Å²) in [5.41, 5.74) is 0.792. The van der Waals surface area contributed by atoms with Crippen molar-refractivity contribution >= 4 is 5.69 Å². The van der Waals surface area contributed by atoms with Crippen molar-refractivity contribution in [3.63, 3.8) is 0 Å². The minimum absolute atomic E-state index is 0.315. The Morgan fingerprint density at radius 1 is 1.17 bits per heavy atom. The second-order valence-electron chi connectivity index (χ2n) is 5.58. The molecule has 2 aliphatic heterocycles. The maximum Gasteiger partial charge on any atom is 0.0833 e. The average Bonchev–Trinajstić information content (AvgIpc) is 2.95. The highest BCUT2D eigenvalue weighted by molar-refractivity contribution is 5.46. The van der Waals surface area contributed by atoms with Gasteiger partial charge in [-0.2, -0.15) is 0 Å². The van der Waals surface area contributed by atoms with Crippen LogP contribution in [0.1, 0.15) is 25.7 Å². The summed E-state index contributed by atoms with van der Waals surface area (Å²) >= 11 is 0. The first-order valence-electron chi connectivity index (χ1n) is 7.04. The van der Waals surface area contributed by atoms with Crippen molar-refractivity contribution < 1.29 is 5.11 Å². The fraction of sp³-hybridized carbons (Fsp3) is 0.600. The smallest absolute Gasteiger partial charge is 0.0833 e. The fourth-order valence-corrected chi connectivity index (χ4v) is 3.28. The lowest BCUT2D eigenvalue weighted by Crippen LogP contribution is -2.54. The average molecular weight is 246 g/mol. The molecule has 2 fully saturated rings. The van der Waals surface area contributed by atoms with E-state index in [4.69, 9.17) is 0 Å². The van der Waals surface area contributed by atoms with E-state index in [0.717, 1.165) is 38.9 Å². The first-order valence-corrected chi connectivity index (χ1v) is 7.04. The second-order valence-corrected chi connectivity index (χ2v) is 5.58. The Hall–Kier alpha value is -1.06. The van der Waals surface area contributed by atoms with E-state index in [-0.39, 0.29) is 0 Å². The molecule has 0 bridgehead atoms. The molecule has 2 saturated heterocycles. The van der Waals surface area contributed by atoms with Gasteiger partial charge in [-0.15, -0.1) is 0 Å². The van der Waals surface area contributed by atoms with E-state index in [2.05, 4.69) is 34.5 Å². The third-order valence-electron chi connectivity index (χ3n) is 4.46. The van der Waals surface area contributed by atoms with E-state index in [9.17, 15) is 5.11 Å². The van der Waals surface area contributed by atoms with Crippen molar-refractivity contribution in [2.45, 2.75) is 37.3 Å². The van der Waals surface area contributed by atoms with Gasteiger partial charge in [0.1, 0.15) is 0 Å². The van der Waals surface area contributed by atoms with Gasteiger partial charge in [-0.1, -0.05) is 18.2 Å². The molecule has 2 N–H and O–H groups in total. The largest absolute Gasteiger partial charge is 0.388 e. The van der Waals surface area contributed by atoms with Crippen molar-refractivity contribution in [3.05, 3.63) is 30.3 Å². The highest BCUT2D eigenvalue weighted by Gasteiger charge is 2.40. The maximum absolute atomic E-state index is 10.7. The van der Waals surface area contributed by atoms with Gasteiger partial charge in [0.25, 0.3) is 0 Å². The number of piperidine rings is 1. The number of nitrogens with one attached hydrogen (secondary N) is 1. The van der Waals surface area contributed by atoms with E-state index >= 15 is 0 Å². The molecular formula is C15H22N2O. The molecule has 0 aromatic heterocycles.